The number of methoxy groups -OCH3 is 1. The number of hydrogen-bond donors (Lipinski definition) is 1. The second-order valence-corrected chi connectivity index (χ2v) is 5.69. The Balaban J connectivity index is 3.53. The van der Waals surface area contributed by atoms with Gasteiger partial charge in [0, 0.05) is 5.48 Å². The molecule has 1 fully saturated rings. The Morgan fingerprint density at radius 2 is 2.18 bits per heavy atom. The van der Waals surface area contributed by atoms with E-state index in [4.69, 9.17) is 11.2 Å². The molecule has 0 spiro atoms. The topological polar surface area (TPSA) is 52.3 Å². The van der Waals surface area contributed by atoms with Crippen LogP contribution in [-0.4, -0.2) is 19.6 Å². The monoisotopic (exact) mass is 245 g/mol. The van der Waals surface area contributed by atoms with Crippen molar-refractivity contribution in [3.8, 4) is 0 Å². The zero-order valence-electron chi connectivity index (χ0n) is 15.5. The molecule has 0 aromatic rings. The van der Waals surface area contributed by atoms with Crippen molar-refractivity contribution < 1.29 is 15.0 Å². The number of rotatable bonds is 3. The lowest BCUT2D eigenvalue weighted by Crippen LogP contribution is -2.51. The highest BCUT2D eigenvalue weighted by Gasteiger charge is 2.50. The Morgan fingerprint density at radius 3 is 2.65 bits per heavy atom. The zero-order valence-corrected chi connectivity index (χ0v) is 11.5. The minimum atomic E-state index is -2.33. The second-order valence-electron chi connectivity index (χ2n) is 5.69. The zero-order chi connectivity index (χ0) is 16.9. The number of ether oxygens (including phenoxy) is 1. The number of carbonyl (C=O) groups is 1. The Labute approximate surface area is 111 Å². The summed E-state index contributed by atoms with van der Waals surface area (Å²) in [5.41, 5.74) is 3.80. The van der Waals surface area contributed by atoms with Gasteiger partial charge in [-0.2, -0.15) is 0 Å². The minimum Gasteiger partial charge on any atom is -0.469 e. The number of nitrogens with two attached hydrogens (primary N) is 1. The van der Waals surface area contributed by atoms with Crippen LogP contribution in [0, 0.1) is 22.7 Å². The maximum absolute atomic E-state index is 11.8. The van der Waals surface area contributed by atoms with Gasteiger partial charge in [0.05, 0.1) is 13.5 Å². The SMILES string of the molecule is [2H]C([2H])(N)C1(CC(=O)OC)C(C)C(C)(C)C(C)CC1([2H])[2H]. The first kappa shape index (κ1) is 9.37. The van der Waals surface area contributed by atoms with Crippen LogP contribution in [-0.2, 0) is 9.53 Å². The molecule has 3 atom stereocenters. The van der Waals surface area contributed by atoms with E-state index >= 15 is 0 Å². The fraction of sp³-hybridized carbons (Fsp3) is 0.929. The normalized spacial score (nSPS) is 43.9. The summed E-state index contributed by atoms with van der Waals surface area (Å²) in [7, 11) is 1.22. The number of esters is 1. The van der Waals surface area contributed by atoms with E-state index in [1.54, 1.807) is 6.92 Å². The maximum Gasteiger partial charge on any atom is 0.306 e. The summed E-state index contributed by atoms with van der Waals surface area (Å²) in [6.45, 7) is 5.38. The van der Waals surface area contributed by atoms with Crippen LogP contribution in [0.2, 0.25) is 0 Å². The van der Waals surface area contributed by atoms with Gasteiger partial charge in [0.1, 0.15) is 0 Å². The van der Waals surface area contributed by atoms with Gasteiger partial charge in [0.2, 0.25) is 0 Å². The largest absolute Gasteiger partial charge is 0.469 e. The van der Waals surface area contributed by atoms with Gasteiger partial charge in [-0.05, 0) is 42.0 Å². The van der Waals surface area contributed by atoms with Crippen LogP contribution >= 0.6 is 0 Å². The molecule has 100 valence electrons. The van der Waals surface area contributed by atoms with Crippen molar-refractivity contribution in [1.29, 1.82) is 0 Å². The lowest BCUT2D eigenvalue weighted by Gasteiger charge is -2.53. The molecule has 0 radical (unpaired) electrons. The number of carbonyl (C=O) groups excluding carboxylic acids is 1. The molecule has 1 rings (SSSR count). The van der Waals surface area contributed by atoms with Crippen molar-refractivity contribution in [2.75, 3.05) is 13.6 Å². The lowest BCUT2D eigenvalue weighted by atomic mass is 9.52. The molecule has 0 heterocycles. The van der Waals surface area contributed by atoms with Crippen molar-refractivity contribution in [3.63, 3.8) is 0 Å². The molecule has 1 aliphatic rings. The van der Waals surface area contributed by atoms with E-state index in [1.807, 2.05) is 20.8 Å². The van der Waals surface area contributed by atoms with Gasteiger partial charge >= 0.3 is 5.97 Å². The summed E-state index contributed by atoms with van der Waals surface area (Å²) >= 11 is 0. The molecule has 3 heteroatoms. The molecule has 0 amide bonds. The third kappa shape index (κ3) is 2.49. The van der Waals surface area contributed by atoms with Crippen LogP contribution in [0.4, 0.5) is 0 Å². The van der Waals surface area contributed by atoms with Crippen molar-refractivity contribution >= 4 is 5.97 Å². The van der Waals surface area contributed by atoms with Gasteiger partial charge in [-0.15, -0.1) is 0 Å². The summed E-state index contributed by atoms with van der Waals surface area (Å²) in [6, 6.07) is 0. The van der Waals surface area contributed by atoms with E-state index in [0.717, 1.165) is 0 Å². The van der Waals surface area contributed by atoms with Gasteiger partial charge in [-0.3, -0.25) is 4.79 Å². The number of hydrogen-bond acceptors (Lipinski definition) is 3. The first-order chi connectivity index (χ1) is 9.24. The molecule has 1 aliphatic carbocycles. The van der Waals surface area contributed by atoms with Gasteiger partial charge in [0.15, 0.2) is 0 Å². The predicted octanol–water partition coefficient (Wildman–Crippen LogP) is 2.59. The average molecular weight is 245 g/mol. The van der Waals surface area contributed by atoms with Crippen LogP contribution in [0.25, 0.3) is 0 Å². The average Bonchev–Trinajstić information content (AvgIpc) is 2.30. The highest BCUT2D eigenvalue weighted by Crippen LogP contribution is 2.54. The van der Waals surface area contributed by atoms with Crippen molar-refractivity contribution in [3.05, 3.63) is 0 Å². The standard InChI is InChI=1S/C14H27NO2/c1-10-6-7-14(9-15,8-12(16)17-5)11(2)13(10,3)4/h10-11H,6-9,15H2,1-5H3/i7D2,9D2. The van der Waals surface area contributed by atoms with Crippen LogP contribution in [0.3, 0.4) is 0 Å². The van der Waals surface area contributed by atoms with E-state index in [9.17, 15) is 4.79 Å². The molecule has 17 heavy (non-hydrogen) atoms. The summed E-state index contributed by atoms with van der Waals surface area (Å²) < 4.78 is 37.7. The van der Waals surface area contributed by atoms with Crippen molar-refractivity contribution in [2.45, 2.75) is 46.9 Å². The van der Waals surface area contributed by atoms with Crippen LogP contribution in [0.1, 0.15) is 52.4 Å². The Kier molecular flexibility index (Phi) is 2.74. The summed E-state index contributed by atoms with van der Waals surface area (Å²) in [6.07, 6.45) is -2.09. The fourth-order valence-electron chi connectivity index (χ4n) is 2.56. The third-order valence-corrected chi connectivity index (χ3v) is 4.76. The maximum atomic E-state index is 11.8. The molecular weight excluding hydrogens is 214 g/mol. The van der Waals surface area contributed by atoms with E-state index in [1.165, 1.54) is 7.11 Å². The molecule has 0 aromatic carbocycles. The molecule has 0 aliphatic heterocycles. The highest BCUT2D eigenvalue weighted by atomic mass is 16.5. The summed E-state index contributed by atoms with van der Waals surface area (Å²) in [5.74, 6) is -1.01. The van der Waals surface area contributed by atoms with E-state index in [-0.39, 0.29) is 24.2 Å². The molecule has 1 saturated carbocycles. The van der Waals surface area contributed by atoms with E-state index in [2.05, 4.69) is 4.74 Å². The molecule has 2 N–H and O–H groups in total. The summed E-state index contributed by atoms with van der Waals surface area (Å²) in [5, 5.41) is 0. The molecule has 3 nitrogen and oxygen atoms in total. The quantitative estimate of drug-likeness (QED) is 0.778. The van der Waals surface area contributed by atoms with Crippen LogP contribution < -0.4 is 5.73 Å². The smallest absolute Gasteiger partial charge is 0.306 e. The molecule has 3 unspecified atom stereocenters. The Morgan fingerprint density at radius 1 is 1.59 bits per heavy atom. The van der Waals surface area contributed by atoms with E-state index < -0.39 is 30.2 Å². The Hall–Kier alpha value is -0.570. The fourth-order valence-corrected chi connectivity index (χ4v) is 2.56. The molecule has 0 saturated heterocycles. The van der Waals surface area contributed by atoms with Gasteiger partial charge in [0.25, 0.3) is 0 Å². The van der Waals surface area contributed by atoms with Crippen molar-refractivity contribution in [1.82, 2.24) is 0 Å². The van der Waals surface area contributed by atoms with Gasteiger partial charge in [-0.1, -0.05) is 27.7 Å². The third-order valence-electron chi connectivity index (χ3n) is 4.76. The first-order valence-corrected chi connectivity index (χ1v) is 6.09. The van der Waals surface area contributed by atoms with E-state index in [0.29, 0.717) is 0 Å². The lowest BCUT2D eigenvalue weighted by molar-refractivity contribution is -0.147. The minimum absolute atomic E-state index is 0.0515. The van der Waals surface area contributed by atoms with Gasteiger partial charge < -0.3 is 10.5 Å². The molecular formula is C14H27NO2. The summed E-state index contributed by atoms with van der Waals surface area (Å²) in [4.78, 5) is 11.8. The van der Waals surface area contributed by atoms with Crippen LogP contribution in [0.5, 0.6) is 0 Å². The Bertz CT molecular complexity index is 420. The molecule has 0 aromatic heterocycles. The van der Waals surface area contributed by atoms with Gasteiger partial charge in [-0.25, -0.2) is 0 Å². The second kappa shape index (κ2) is 4.97. The van der Waals surface area contributed by atoms with Crippen molar-refractivity contribution in [2.24, 2.45) is 28.4 Å². The van der Waals surface area contributed by atoms with Crippen LogP contribution in [0.15, 0.2) is 0 Å². The first-order valence-electron chi connectivity index (χ1n) is 8.09. The molecule has 0 bridgehead atoms. The highest BCUT2D eigenvalue weighted by molar-refractivity contribution is 5.70. The predicted molar refractivity (Wildman–Crippen MR) is 69.5 cm³/mol.